The van der Waals surface area contributed by atoms with Crippen LogP contribution in [0.1, 0.15) is 67.1 Å². The Hall–Kier alpha value is -2.54. The molecule has 0 radical (unpaired) electrons. The minimum Gasteiger partial charge on any atom is -0.435 e. The minimum atomic E-state index is -0.674. The number of hydrogen-bond donors (Lipinski definition) is 0. The van der Waals surface area contributed by atoms with Crippen LogP contribution in [0.15, 0.2) is 46.9 Å². The molecule has 4 rings (SSSR count). The molecule has 0 N–H and O–H groups in total. The zero-order valence-electron chi connectivity index (χ0n) is 17.5. The minimum absolute atomic E-state index is 0.103. The van der Waals surface area contributed by atoms with E-state index in [9.17, 15) is 9.59 Å². The van der Waals surface area contributed by atoms with Crippen LogP contribution in [0.25, 0.3) is 0 Å². The molecule has 0 bridgehead atoms. The van der Waals surface area contributed by atoms with Crippen molar-refractivity contribution in [2.24, 2.45) is 5.92 Å². The average Bonchev–Trinajstić information content (AvgIpc) is 2.74. The average molecular weight is 489 g/mol. The van der Waals surface area contributed by atoms with Crippen molar-refractivity contribution < 1.29 is 28.5 Å². The molecule has 7 heteroatoms. The molecular formula is C24H25BrO6. The quantitative estimate of drug-likeness (QED) is 0.461. The van der Waals surface area contributed by atoms with Crippen molar-refractivity contribution in [3.05, 3.63) is 69.2 Å². The molecule has 0 fully saturated rings. The van der Waals surface area contributed by atoms with Gasteiger partial charge in [-0.25, -0.2) is 9.59 Å². The summed E-state index contributed by atoms with van der Waals surface area (Å²) < 4.78 is 22.4. The van der Waals surface area contributed by atoms with Crippen molar-refractivity contribution in [3.63, 3.8) is 0 Å². The van der Waals surface area contributed by atoms with Gasteiger partial charge < -0.3 is 18.9 Å². The van der Waals surface area contributed by atoms with Gasteiger partial charge in [0.15, 0.2) is 0 Å². The van der Waals surface area contributed by atoms with E-state index in [1.165, 1.54) is 0 Å². The van der Waals surface area contributed by atoms with Gasteiger partial charge in [-0.3, -0.25) is 0 Å². The first-order chi connectivity index (χ1) is 15.0. The molecule has 0 saturated heterocycles. The maximum atomic E-state index is 12.1. The van der Waals surface area contributed by atoms with Crippen molar-refractivity contribution in [1.82, 2.24) is 0 Å². The first-order valence-electron chi connectivity index (χ1n) is 10.6. The maximum absolute atomic E-state index is 12.1. The van der Waals surface area contributed by atoms with E-state index in [0.717, 1.165) is 26.7 Å². The SMILES string of the molecule is CCOC(=O)O[C@H]1C[C@@H]2C[C@H](OC(=O)OCC)c3cccc(Br)c3[C@@H]2c2ccccc21. The molecule has 0 unspecified atom stereocenters. The molecule has 2 aliphatic rings. The summed E-state index contributed by atoms with van der Waals surface area (Å²) in [6.07, 6.45) is -0.955. The summed E-state index contributed by atoms with van der Waals surface area (Å²) in [5, 5.41) is 0. The van der Waals surface area contributed by atoms with E-state index in [4.69, 9.17) is 18.9 Å². The molecule has 4 atom stereocenters. The van der Waals surface area contributed by atoms with Crippen molar-refractivity contribution in [2.45, 2.75) is 44.8 Å². The third-order valence-electron chi connectivity index (χ3n) is 5.93. The number of carbonyl (C=O) groups excluding carboxylic acids is 2. The Morgan fingerprint density at radius 1 is 0.839 bits per heavy atom. The summed E-state index contributed by atoms with van der Waals surface area (Å²) in [5.74, 6) is 0.214. The molecule has 0 saturated carbocycles. The maximum Gasteiger partial charge on any atom is 0.508 e. The molecule has 0 amide bonds. The summed E-state index contributed by atoms with van der Waals surface area (Å²) in [4.78, 5) is 24.2. The van der Waals surface area contributed by atoms with E-state index in [-0.39, 0.29) is 25.0 Å². The van der Waals surface area contributed by atoms with Gasteiger partial charge in [0.1, 0.15) is 12.2 Å². The van der Waals surface area contributed by atoms with E-state index < -0.39 is 24.5 Å². The fourth-order valence-corrected chi connectivity index (χ4v) is 5.45. The Morgan fingerprint density at radius 3 is 2.00 bits per heavy atom. The highest BCUT2D eigenvalue weighted by Gasteiger charge is 2.45. The Bertz CT molecular complexity index is 974. The second-order valence-electron chi connectivity index (χ2n) is 7.66. The summed E-state index contributed by atoms with van der Waals surface area (Å²) >= 11 is 3.72. The van der Waals surface area contributed by atoms with Gasteiger partial charge in [0.05, 0.1) is 13.2 Å². The molecule has 0 aliphatic heterocycles. The number of rotatable bonds is 4. The molecule has 0 heterocycles. The predicted molar refractivity (Wildman–Crippen MR) is 117 cm³/mol. The first kappa shape index (κ1) is 21.7. The molecule has 0 aromatic heterocycles. The Morgan fingerprint density at radius 2 is 1.39 bits per heavy atom. The number of halogens is 1. The van der Waals surface area contributed by atoms with Crippen LogP contribution in [0.5, 0.6) is 0 Å². The van der Waals surface area contributed by atoms with Gasteiger partial charge in [0, 0.05) is 10.4 Å². The van der Waals surface area contributed by atoms with Crippen LogP contribution < -0.4 is 0 Å². The lowest BCUT2D eigenvalue weighted by Crippen LogP contribution is -2.34. The van der Waals surface area contributed by atoms with E-state index >= 15 is 0 Å². The van der Waals surface area contributed by atoms with Crippen molar-refractivity contribution in [3.8, 4) is 0 Å². The largest absolute Gasteiger partial charge is 0.508 e. The van der Waals surface area contributed by atoms with Gasteiger partial charge in [0.2, 0.25) is 0 Å². The van der Waals surface area contributed by atoms with Crippen molar-refractivity contribution in [2.75, 3.05) is 13.2 Å². The third-order valence-corrected chi connectivity index (χ3v) is 6.62. The van der Waals surface area contributed by atoms with Gasteiger partial charge in [-0.05, 0) is 60.9 Å². The molecule has 31 heavy (non-hydrogen) atoms. The van der Waals surface area contributed by atoms with E-state index in [2.05, 4.69) is 22.0 Å². The second kappa shape index (κ2) is 9.30. The summed E-state index contributed by atoms with van der Waals surface area (Å²) in [5.41, 5.74) is 4.19. The van der Waals surface area contributed by atoms with Crippen LogP contribution in [0.2, 0.25) is 0 Å². The number of hydrogen-bond acceptors (Lipinski definition) is 6. The number of fused-ring (bicyclic) bond motifs is 5. The topological polar surface area (TPSA) is 71.1 Å². The summed E-state index contributed by atoms with van der Waals surface area (Å²) in [6, 6.07) is 14.0. The van der Waals surface area contributed by atoms with Gasteiger partial charge in [0.25, 0.3) is 0 Å². The van der Waals surface area contributed by atoms with E-state index in [0.29, 0.717) is 12.8 Å². The fraction of sp³-hybridized carbons (Fsp3) is 0.417. The Labute approximate surface area is 190 Å². The van der Waals surface area contributed by atoms with Crippen LogP contribution in [0.3, 0.4) is 0 Å². The normalized spacial score (nSPS) is 23.6. The standard InChI is InChI=1S/C24H25BrO6/c1-3-28-23(26)30-19-12-14-13-20(31-24(27)29-4-2)17-10-7-11-18(25)22(17)21(14)16-9-6-5-8-15(16)19/h5-11,14,19-21H,3-4,12-13H2,1-2H3/t14-,19+,20+,21+/m1/s1. The predicted octanol–water partition coefficient (Wildman–Crippen LogP) is 6.43. The molecule has 2 aromatic carbocycles. The van der Waals surface area contributed by atoms with Crippen LogP contribution >= 0.6 is 15.9 Å². The summed E-state index contributed by atoms with van der Waals surface area (Å²) in [6.45, 7) is 4.01. The van der Waals surface area contributed by atoms with Crippen LogP contribution in [-0.4, -0.2) is 25.5 Å². The third kappa shape index (κ3) is 4.28. The van der Waals surface area contributed by atoms with E-state index in [1.807, 2.05) is 36.4 Å². The van der Waals surface area contributed by atoms with Gasteiger partial charge in [-0.15, -0.1) is 0 Å². The number of ether oxygens (including phenoxy) is 4. The smallest absolute Gasteiger partial charge is 0.435 e. The Balaban J connectivity index is 1.75. The van der Waals surface area contributed by atoms with Crippen LogP contribution in [0.4, 0.5) is 9.59 Å². The lowest BCUT2D eigenvalue weighted by Gasteiger charge is -2.43. The second-order valence-corrected chi connectivity index (χ2v) is 8.51. The number of carbonyl (C=O) groups is 2. The molecule has 0 spiro atoms. The number of benzene rings is 2. The fourth-order valence-electron chi connectivity index (χ4n) is 4.83. The highest BCUT2D eigenvalue weighted by atomic mass is 79.9. The van der Waals surface area contributed by atoms with Crippen LogP contribution in [-0.2, 0) is 18.9 Å². The molecule has 2 aliphatic carbocycles. The molecule has 164 valence electrons. The first-order valence-corrected chi connectivity index (χ1v) is 11.4. The van der Waals surface area contributed by atoms with Gasteiger partial charge in [-0.2, -0.15) is 0 Å². The summed E-state index contributed by atoms with van der Waals surface area (Å²) in [7, 11) is 0. The van der Waals surface area contributed by atoms with Crippen molar-refractivity contribution in [1.29, 1.82) is 0 Å². The van der Waals surface area contributed by atoms with Gasteiger partial charge >= 0.3 is 12.3 Å². The molecule has 2 aromatic rings. The Kier molecular flexibility index (Phi) is 6.51. The zero-order chi connectivity index (χ0) is 22.0. The van der Waals surface area contributed by atoms with E-state index in [1.54, 1.807) is 13.8 Å². The molecule has 6 nitrogen and oxygen atoms in total. The molecular weight excluding hydrogens is 464 g/mol. The lowest BCUT2D eigenvalue weighted by molar-refractivity contribution is -0.00771. The van der Waals surface area contributed by atoms with Crippen LogP contribution in [0, 0.1) is 5.92 Å². The highest BCUT2D eigenvalue weighted by molar-refractivity contribution is 9.10. The highest BCUT2D eigenvalue weighted by Crippen LogP contribution is 2.55. The van der Waals surface area contributed by atoms with Crippen molar-refractivity contribution >= 4 is 28.2 Å². The monoisotopic (exact) mass is 488 g/mol. The zero-order valence-corrected chi connectivity index (χ0v) is 19.1. The lowest BCUT2D eigenvalue weighted by atomic mass is 9.64. The van der Waals surface area contributed by atoms with Gasteiger partial charge in [-0.1, -0.05) is 52.3 Å².